The van der Waals surface area contributed by atoms with Crippen molar-refractivity contribution in [3.8, 4) is 22.3 Å². The van der Waals surface area contributed by atoms with Crippen molar-refractivity contribution in [3.63, 3.8) is 0 Å². The van der Waals surface area contributed by atoms with Gasteiger partial charge in [0.2, 0.25) is 0 Å². The van der Waals surface area contributed by atoms with Gasteiger partial charge in [0.05, 0.1) is 0 Å². The van der Waals surface area contributed by atoms with E-state index in [0.717, 1.165) is 22.5 Å². The van der Waals surface area contributed by atoms with Gasteiger partial charge >= 0.3 is 0 Å². The summed E-state index contributed by atoms with van der Waals surface area (Å²) >= 11 is 0. The molecule has 2 aliphatic carbocycles. The van der Waals surface area contributed by atoms with E-state index in [0.29, 0.717) is 0 Å². The van der Waals surface area contributed by atoms with E-state index >= 15 is 0 Å². The van der Waals surface area contributed by atoms with Crippen LogP contribution in [-0.2, 0) is 10.8 Å². The summed E-state index contributed by atoms with van der Waals surface area (Å²) in [4.78, 5) is 2.41. The second kappa shape index (κ2) is 8.74. The molecule has 9 rings (SSSR count). The molecule has 0 aliphatic heterocycles. The third-order valence-corrected chi connectivity index (χ3v) is 10.2. The first-order valence-electron chi connectivity index (χ1n) is 15.5. The Morgan fingerprint density at radius 2 is 1.05 bits per heavy atom. The van der Waals surface area contributed by atoms with Crippen LogP contribution in [0, 0.1) is 0 Å². The minimum absolute atomic E-state index is 0.0657. The van der Waals surface area contributed by atoms with Crippen LogP contribution in [0.15, 0.2) is 132 Å². The summed E-state index contributed by atoms with van der Waals surface area (Å²) in [5.41, 5.74) is 15.7. The molecule has 0 N–H and O–H groups in total. The van der Waals surface area contributed by atoms with E-state index < -0.39 is 0 Å². The number of nitrogens with zero attached hydrogens (tertiary/aromatic N) is 1. The normalized spacial score (nSPS) is 15.2. The summed E-state index contributed by atoms with van der Waals surface area (Å²) < 4.78 is 6.56. The van der Waals surface area contributed by atoms with Crippen molar-refractivity contribution in [1.29, 1.82) is 0 Å². The van der Waals surface area contributed by atoms with E-state index in [9.17, 15) is 0 Å². The highest BCUT2D eigenvalue weighted by Crippen LogP contribution is 2.55. The Kier molecular flexibility index (Phi) is 5.05. The van der Waals surface area contributed by atoms with E-state index in [4.69, 9.17) is 4.42 Å². The van der Waals surface area contributed by atoms with Crippen LogP contribution in [0.4, 0.5) is 17.1 Å². The first-order valence-corrected chi connectivity index (χ1v) is 15.5. The molecule has 0 radical (unpaired) electrons. The van der Waals surface area contributed by atoms with Gasteiger partial charge in [-0.2, -0.15) is 0 Å². The molecule has 0 bridgehead atoms. The van der Waals surface area contributed by atoms with Crippen molar-refractivity contribution < 1.29 is 4.42 Å². The average molecular weight is 568 g/mol. The van der Waals surface area contributed by atoms with E-state index in [1.54, 1.807) is 0 Å². The predicted octanol–water partition coefficient (Wildman–Crippen LogP) is 11.7. The van der Waals surface area contributed by atoms with Crippen LogP contribution in [-0.4, -0.2) is 0 Å². The van der Waals surface area contributed by atoms with Gasteiger partial charge in [0.25, 0.3) is 0 Å². The largest absolute Gasteiger partial charge is 0.456 e. The predicted molar refractivity (Wildman–Crippen MR) is 184 cm³/mol. The molecular formula is C42H33NO. The Labute approximate surface area is 258 Å². The van der Waals surface area contributed by atoms with Gasteiger partial charge < -0.3 is 9.32 Å². The smallest absolute Gasteiger partial charge is 0.140 e. The fraction of sp³-hybridized carbons (Fsp3) is 0.143. The zero-order valence-electron chi connectivity index (χ0n) is 25.5. The maximum Gasteiger partial charge on any atom is 0.140 e. The van der Waals surface area contributed by atoms with Crippen LogP contribution < -0.4 is 4.90 Å². The van der Waals surface area contributed by atoms with Crippen molar-refractivity contribution in [2.75, 3.05) is 4.90 Å². The van der Waals surface area contributed by atoms with Gasteiger partial charge in [-0.3, -0.25) is 0 Å². The van der Waals surface area contributed by atoms with Crippen molar-refractivity contribution in [1.82, 2.24) is 0 Å². The summed E-state index contributed by atoms with van der Waals surface area (Å²) in [5, 5.41) is 2.36. The van der Waals surface area contributed by atoms with Crippen LogP contribution >= 0.6 is 0 Å². The number of benzene rings is 6. The molecule has 1 aromatic heterocycles. The average Bonchev–Trinajstić information content (AvgIpc) is 3.61. The lowest BCUT2D eigenvalue weighted by atomic mass is 9.81. The lowest BCUT2D eigenvalue weighted by Crippen LogP contribution is -2.18. The minimum atomic E-state index is -0.224. The monoisotopic (exact) mass is 567 g/mol. The highest BCUT2D eigenvalue weighted by atomic mass is 16.3. The molecule has 1 heterocycles. The summed E-state index contributed by atoms with van der Waals surface area (Å²) in [6.45, 7) is 9.39. The Morgan fingerprint density at radius 3 is 1.82 bits per heavy atom. The molecule has 2 heteroatoms. The lowest BCUT2D eigenvalue weighted by Gasteiger charge is -2.29. The van der Waals surface area contributed by atoms with Crippen LogP contribution in [0.3, 0.4) is 0 Å². The minimum Gasteiger partial charge on any atom is -0.456 e. The molecule has 6 aromatic carbocycles. The van der Waals surface area contributed by atoms with Crippen LogP contribution in [0.5, 0.6) is 0 Å². The molecule has 0 fully saturated rings. The summed E-state index contributed by atoms with van der Waals surface area (Å²) in [7, 11) is 0. The van der Waals surface area contributed by atoms with Crippen molar-refractivity contribution >= 4 is 39.0 Å². The molecular weight excluding hydrogens is 534 g/mol. The number of hydrogen-bond acceptors (Lipinski definition) is 2. The van der Waals surface area contributed by atoms with Crippen molar-refractivity contribution in [3.05, 3.63) is 150 Å². The molecule has 44 heavy (non-hydrogen) atoms. The van der Waals surface area contributed by atoms with E-state index in [-0.39, 0.29) is 10.8 Å². The number of para-hydroxylation sites is 2. The Bertz CT molecular complexity index is 2290. The molecule has 212 valence electrons. The first kappa shape index (κ1) is 25.4. The van der Waals surface area contributed by atoms with E-state index in [1.165, 1.54) is 61.0 Å². The molecule has 0 saturated carbocycles. The topological polar surface area (TPSA) is 16.4 Å². The first-order chi connectivity index (χ1) is 21.3. The maximum absolute atomic E-state index is 6.56. The molecule has 0 spiro atoms. The van der Waals surface area contributed by atoms with Gasteiger partial charge in [-0.25, -0.2) is 0 Å². The number of fused-ring (bicyclic) bond motifs is 10. The second-order valence-electron chi connectivity index (χ2n) is 13.4. The summed E-state index contributed by atoms with van der Waals surface area (Å²) in [6.07, 6.45) is 0. The SMILES string of the molecule is CC1(C)c2ccccc2-c2ccc(N(c3ccccc3)c3ccc4c(c3)C(C)(C)c3c-4ccc4c3oc3ccccc34)cc21. The third-order valence-electron chi connectivity index (χ3n) is 10.2. The molecule has 0 amide bonds. The number of hydrogen-bond donors (Lipinski definition) is 0. The van der Waals surface area contributed by atoms with Gasteiger partial charge in [-0.05, 0) is 87.5 Å². The molecule has 2 nitrogen and oxygen atoms in total. The van der Waals surface area contributed by atoms with Crippen LogP contribution in [0.1, 0.15) is 49.9 Å². The van der Waals surface area contributed by atoms with Gasteiger partial charge in [0, 0.05) is 44.2 Å². The fourth-order valence-electron chi connectivity index (χ4n) is 8.05. The fourth-order valence-corrected chi connectivity index (χ4v) is 8.05. The highest BCUT2D eigenvalue weighted by molar-refractivity contribution is 6.09. The standard InChI is InChI=1S/C42H33NO/c1-41(2)35-16-10-8-14-29(35)30-20-18-27(24-36(30)41)43(26-12-6-5-7-13-26)28-19-21-31-33-22-23-34-32-15-9-11-17-38(32)44-40(34)39(33)42(3,4)37(31)25-28/h5-25H,1-4H3. The van der Waals surface area contributed by atoms with Gasteiger partial charge in [0.15, 0.2) is 0 Å². The Morgan fingerprint density at radius 1 is 0.455 bits per heavy atom. The van der Waals surface area contributed by atoms with Crippen LogP contribution in [0.2, 0.25) is 0 Å². The number of rotatable bonds is 3. The lowest BCUT2D eigenvalue weighted by molar-refractivity contribution is 0.620. The third kappa shape index (κ3) is 3.31. The van der Waals surface area contributed by atoms with E-state index in [1.807, 2.05) is 6.07 Å². The Balaban J connectivity index is 1.22. The molecule has 0 atom stereocenters. The molecule has 0 saturated heterocycles. The van der Waals surface area contributed by atoms with Gasteiger partial charge in [-0.15, -0.1) is 0 Å². The van der Waals surface area contributed by atoms with Gasteiger partial charge in [0.1, 0.15) is 11.2 Å². The number of furan rings is 1. The highest BCUT2D eigenvalue weighted by Gasteiger charge is 2.40. The molecule has 7 aromatic rings. The second-order valence-corrected chi connectivity index (χ2v) is 13.4. The zero-order valence-corrected chi connectivity index (χ0v) is 25.5. The Hall–Kier alpha value is -5.08. The summed E-state index contributed by atoms with van der Waals surface area (Å²) in [6, 6.07) is 46.5. The maximum atomic E-state index is 6.56. The quantitative estimate of drug-likeness (QED) is 0.211. The van der Waals surface area contributed by atoms with E-state index in [2.05, 4.69) is 154 Å². The van der Waals surface area contributed by atoms with Crippen molar-refractivity contribution in [2.45, 2.75) is 38.5 Å². The molecule has 0 unspecified atom stereocenters. The molecule has 2 aliphatic rings. The van der Waals surface area contributed by atoms with Crippen molar-refractivity contribution in [2.24, 2.45) is 0 Å². The van der Waals surface area contributed by atoms with Gasteiger partial charge in [-0.1, -0.05) is 107 Å². The van der Waals surface area contributed by atoms with Crippen LogP contribution in [0.25, 0.3) is 44.2 Å². The summed E-state index contributed by atoms with van der Waals surface area (Å²) in [5.74, 6) is 0. The number of anilines is 3. The zero-order chi connectivity index (χ0) is 29.8.